The number of aryl methyl sites for hydroxylation is 2. The summed E-state index contributed by atoms with van der Waals surface area (Å²) in [6, 6.07) is 11.5. The van der Waals surface area contributed by atoms with E-state index in [2.05, 4.69) is 25.2 Å². The van der Waals surface area contributed by atoms with E-state index in [-0.39, 0.29) is 23.1 Å². The number of aromatic nitrogens is 2. The summed E-state index contributed by atoms with van der Waals surface area (Å²) in [4.78, 5) is 20.8. The van der Waals surface area contributed by atoms with Crippen LogP contribution in [0.4, 0.5) is 0 Å². The van der Waals surface area contributed by atoms with Gasteiger partial charge in [0.15, 0.2) is 5.16 Å². The summed E-state index contributed by atoms with van der Waals surface area (Å²) in [5.74, 6) is 0.350. The van der Waals surface area contributed by atoms with Gasteiger partial charge in [-0.05, 0) is 56.7 Å². The Morgan fingerprint density at radius 3 is 2.44 bits per heavy atom. The van der Waals surface area contributed by atoms with Crippen LogP contribution in [-0.4, -0.2) is 35.8 Å². The van der Waals surface area contributed by atoms with Gasteiger partial charge in [0.2, 0.25) is 10.0 Å². The van der Waals surface area contributed by atoms with Gasteiger partial charge in [-0.2, -0.15) is 5.10 Å². The Kier molecular flexibility index (Phi) is 7.78. The normalized spacial score (nSPS) is 12.0. The largest absolute Gasteiger partial charge is 0.468 e. The Balaban J connectivity index is 1.54. The Morgan fingerprint density at radius 2 is 1.81 bits per heavy atom. The lowest BCUT2D eigenvalue weighted by atomic mass is 10.1. The van der Waals surface area contributed by atoms with Crippen LogP contribution >= 0.6 is 11.8 Å². The molecule has 2 N–H and O–H groups in total. The van der Waals surface area contributed by atoms with E-state index in [4.69, 9.17) is 4.42 Å². The molecule has 0 aliphatic carbocycles. The van der Waals surface area contributed by atoms with Crippen molar-refractivity contribution in [1.82, 2.24) is 20.1 Å². The summed E-state index contributed by atoms with van der Waals surface area (Å²) in [5.41, 5.74) is 5.40. The summed E-state index contributed by atoms with van der Waals surface area (Å²) >= 11 is 1.23. The standard InChI is InChI=1S/C21H23N5O4S2/c1-14-11-15(2)24-21(23-14)31-13-20(27)26-25-16(3)17-6-8-19(9-7-17)32(28,29)22-12-18-5-4-10-30-18/h4-11,22H,12-13H2,1-3H3,(H,26,27)/b25-16+. The molecule has 11 heteroatoms. The molecule has 32 heavy (non-hydrogen) atoms. The molecule has 0 bridgehead atoms. The summed E-state index contributed by atoms with van der Waals surface area (Å²) in [5, 5.41) is 4.63. The molecule has 0 radical (unpaired) electrons. The minimum Gasteiger partial charge on any atom is -0.468 e. The first-order chi connectivity index (χ1) is 15.2. The van der Waals surface area contributed by atoms with Gasteiger partial charge in [0, 0.05) is 11.4 Å². The van der Waals surface area contributed by atoms with Gasteiger partial charge < -0.3 is 4.42 Å². The van der Waals surface area contributed by atoms with E-state index in [1.54, 1.807) is 31.2 Å². The lowest BCUT2D eigenvalue weighted by molar-refractivity contribution is -0.118. The number of nitrogens with zero attached hydrogens (tertiary/aromatic N) is 3. The van der Waals surface area contributed by atoms with Crippen LogP contribution in [0.2, 0.25) is 0 Å². The fraction of sp³-hybridized carbons (Fsp3) is 0.238. The Hall–Kier alpha value is -3.02. The van der Waals surface area contributed by atoms with Crippen LogP contribution in [0.15, 0.2) is 68.3 Å². The van der Waals surface area contributed by atoms with E-state index < -0.39 is 10.0 Å². The maximum Gasteiger partial charge on any atom is 0.250 e. The highest BCUT2D eigenvalue weighted by Gasteiger charge is 2.14. The molecular formula is C21H23N5O4S2. The number of rotatable bonds is 9. The van der Waals surface area contributed by atoms with Crippen molar-refractivity contribution in [2.45, 2.75) is 37.4 Å². The molecule has 9 nitrogen and oxygen atoms in total. The number of furan rings is 1. The van der Waals surface area contributed by atoms with Gasteiger partial charge >= 0.3 is 0 Å². The predicted molar refractivity (Wildman–Crippen MR) is 122 cm³/mol. The van der Waals surface area contributed by atoms with Gasteiger partial charge in [-0.25, -0.2) is 28.5 Å². The molecule has 0 saturated heterocycles. The zero-order chi connectivity index (χ0) is 23.1. The Morgan fingerprint density at radius 1 is 1.12 bits per heavy atom. The van der Waals surface area contributed by atoms with E-state index >= 15 is 0 Å². The van der Waals surface area contributed by atoms with Crippen LogP contribution in [0.3, 0.4) is 0 Å². The molecule has 2 heterocycles. The van der Waals surface area contributed by atoms with Gasteiger partial charge in [0.25, 0.3) is 5.91 Å². The molecule has 0 aliphatic rings. The molecule has 168 valence electrons. The van der Waals surface area contributed by atoms with E-state index in [9.17, 15) is 13.2 Å². The molecule has 2 aromatic heterocycles. The first-order valence-corrected chi connectivity index (χ1v) is 12.1. The highest BCUT2D eigenvalue weighted by atomic mass is 32.2. The van der Waals surface area contributed by atoms with Crippen LogP contribution in [0.5, 0.6) is 0 Å². The molecule has 0 aliphatic heterocycles. The number of carbonyl (C=O) groups is 1. The lowest BCUT2D eigenvalue weighted by Crippen LogP contribution is -2.23. The number of benzene rings is 1. The summed E-state index contributed by atoms with van der Waals surface area (Å²) in [6.07, 6.45) is 1.48. The third-order valence-electron chi connectivity index (χ3n) is 4.24. The lowest BCUT2D eigenvalue weighted by Gasteiger charge is -2.07. The second kappa shape index (κ2) is 10.5. The van der Waals surface area contributed by atoms with Crippen molar-refractivity contribution < 1.29 is 17.6 Å². The third kappa shape index (κ3) is 6.74. The maximum atomic E-state index is 12.4. The van der Waals surface area contributed by atoms with Crippen LogP contribution < -0.4 is 10.1 Å². The number of hydrogen-bond donors (Lipinski definition) is 2. The van der Waals surface area contributed by atoms with E-state index in [1.165, 1.54) is 30.2 Å². The number of amides is 1. The molecule has 3 rings (SSSR count). The minimum atomic E-state index is -3.68. The molecular weight excluding hydrogens is 450 g/mol. The monoisotopic (exact) mass is 473 g/mol. The smallest absolute Gasteiger partial charge is 0.250 e. The number of nitrogens with one attached hydrogen (secondary N) is 2. The fourth-order valence-electron chi connectivity index (χ4n) is 2.67. The van der Waals surface area contributed by atoms with Gasteiger partial charge in [0.05, 0.1) is 29.2 Å². The second-order valence-corrected chi connectivity index (χ2v) is 9.59. The number of thioether (sulfide) groups is 1. The zero-order valence-electron chi connectivity index (χ0n) is 17.8. The van der Waals surface area contributed by atoms with Crippen molar-refractivity contribution in [3.05, 3.63) is 71.4 Å². The quantitative estimate of drug-likeness (QED) is 0.212. The molecule has 1 amide bonds. The average molecular weight is 474 g/mol. The molecule has 0 atom stereocenters. The fourth-order valence-corrected chi connectivity index (χ4v) is 4.40. The van der Waals surface area contributed by atoms with Gasteiger partial charge in [-0.15, -0.1) is 0 Å². The molecule has 0 saturated carbocycles. The van der Waals surface area contributed by atoms with E-state index in [0.717, 1.165) is 11.4 Å². The van der Waals surface area contributed by atoms with Crippen LogP contribution in [0, 0.1) is 13.8 Å². The van der Waals surface area contributed by atoms with Crippen molar-refractivity contribution in [1.29, 1.82) is 0 Å². The van der Waals surface area contributed by atoms with Crippen molar-refractivity contribution in [2.75, 3.05) is 5.75 Å². The molecule has 3 aromatic rings. The molecule has 0 fully saturated rings. The summed E-state index contributed by atoms with van der Waals surface area (Å²) < 4.78 is 32.4. The van der Waals surface area contributed by atoms with Crippen molar-refractivity contribution in [2.24, 2.45) is 5.10 Å². The number of hydrogen-bond acceptors (Lipinski definition) is 8. The second-order valence-electron chi connectivity index (χ2n) is 6.88. The highest BCUT2D eigenvalue weighted by molar-refractivity contribution is 7.99. The van der Waals surface area contributed by atoms with E-state index in [1.807, 2.05) is 19.9 Å². The van der Waals surface area contributed by atoms with Crippen molar-refractivity contribution in [3.8, 4) is 0 Å². The maximum absolute atomic E-state index is 12.4. The SMILES string of the molecule is C/C(=N\NC(=O)CSc1nc(C)cc(C)n1)c1ccc(S(=O)(=O)NCc2ccco2)cc1. The van der Waals surface area contributed by atoms with Gasteiger partial charge in [-0.1, -0.05) is 23.9 Å². The van der Waals surface area contributed by atoms with Gasteiger partial charge in [-0.3, -0.25) is 4.79 Å². The third-order valence-corrected chi connectivity index (χ3v) is 6.51. The summed E-state index contributed by atoms with van der Waals surface area (Å²) in [6.45, 7) is 5.53. The number of sulfonamides is 1. The Labute approximate surface area is 190 Å². The topological polar surface area (TPSA) is 127 Å². The van der Waals surface area contributed by atoms with E-state index in [0.29, 0.717) is 22.2 Å². The Bertz CT molecular complexity index is 1190. The van der Waals surface area contributed by atoms with Crippen LogP contribution in [0.25, 0.3) is 0 Å². The first kappa shape index (κ1) is 23.6. The van der Waals surface area contributed by atoms with Crippen molar-refractivity contribution in [3.63, 3.8) is 0 Å². The average Bonchev–Trinajstić information content (AvgIpc) is 3.28. The first-order valence-electron chi connectivity index (χ1n) is 9.63. The van der Waals surface area contributed by atoms with Crippen LogP contribution in [-0.2, 0) is 21.4 Å². The molecule has 0 unspecified atom stereocenters. The number of hydrazone groups is 1. The molecule has 0 spiro atoms. The summed E-state index contributed by atoms with van der Waals surface area (Å²) in [7, 11) is -3.68. The minimum absolute atomic E-state index is 0.0643. The predicted octanol–water partition coefficient (Wildman–Crippen LogP) is 2.80. The van der Waals surface area contributed by atoms with Gasteiger partial charge in [0.1, 0.15) is 5.76 Å². The van der Waals surface area contributed by atoms with Crippen molar-refractivity contribution >= 4 is 33.4 Å². The zero-order valence-corrected chi connectivity index (χ0v) is 19.5. The molecule has 1 aromatic carbocycles. The number of carbonyl (C=O) groups excluding carboxylic acids is 1. The highest BCUT2D eigenvalue weighted by Crippen LogP contribution is 2.14. The van der Waals surface area contributed by atoms with Crippen LogP contribution in [0.1, 0.15) is 29.6 Å².